The summed E-state index contributed by atoms with van der Waals surface area (Å²) in [6.07, 6.45) is 10.8. The number of aryl methyl sites for hydroxylation is 1. The normalized spacial score (nSPS) is 14.4. The van der Waals surface area contributed by atoms with Gasteiger partial charge in [0.2, 0.25) is 5.95 Å². The van der Waals surface area contributed by atoms with Crippen LogP contribution in [0.2, 0.25) is 0 Å². The van der Waals surface area contributed by atoms with E-state index in [1.165, 1.54) is 49.6 Å². The second-order valence-corrected chi connectivity index (χ2v) is 7.20. The summed E-state index contributed by atoms with van der Waals surface area (Å²) in [5, 5.41) is 4.45. The zero-order chi connectivity index (χ0) is 15.9. The molecular formula is C17H30BrFN2. The number of halogens is 2. The average molecular weight is 361 g/mol. The SMILES string of the molecule is CCCCCCC(C)(CCCCC)c1nn(C)c(F)c1Br. The Hall–Kier alpha value is -0.380. The van der Waals surface area contributed by atoms with E-state index in [4.69, 9.17) is 0 Å². The summed E-state index contributed by atoms with van der Waals surface area (Å²) < 4.78 is 15.9. The van der Waals surface area contributed by atoms with Crippen LogP contribution in [0.4, 0.5) is 4.39 Å². The minimum absolute atomic E-state index is 0.0240. The molecule has 21 heavy (non-hydrogen) atoms. The molecule has 0 fully saturated rings. The molecule has 0 spiro atoms. The van der Waals surface area contributed by atoms with Crippen molar-refractivity contribution in [2.24, 2.45) is 7.05 Å². The van der Waals surface area contributed by atoms with Gasteiger partial charge in [0.15, 0.2) is 0 Å². The molecule has 1 heterocycles. The largest absolute Gasteiger partial charge is 0.241 e. The second-order valence-electron chi connectivity index (χ2n) is 6.41. The van der Waals surface area contributed by atoms with Crippen molar-refractivity contribution in [2.75, 3.05) is 0 Å². The molecule has 2 nitrogen and oxygen atoms in total. The lowest BCUT2D eigenvalue weighted by Gasteiger charge is -2.28. The smallest absolute Gasteiger partial charge is 0.225 e. The lowest BCUT2D eigenvalue weighted by atomic mass is 9.77. The Morgan fingerprint density at radius 1 is 1.05 bits per heavy atom. The molecule has 0 aromatic carbocycles. The van der Waals surface area contributed by atoms with E-state index in [-0.39, 0.29) is 11.4 Å². The monoisotopic (exact) mass is 360 g/mol. The van der Waals surface area contributed by atoms with Crippen LogP contribution in [-0.2, 0) is 12.5 Å². The topological polar surface area (TPSA) is 17.8 Å². The van der Waals surface area contributed by atoms with Crippen molar-refractivity contribution < 1.29 is 4.39 Å². The average Bonchev–Trinajstić information content (AvgIpc) is 2.72. The molecule has 1 rings (SSSR count). The number of hydrogen-bond donors (Lipinski definition) is 0. The van der Waals surface area contributed by atoms with Gasteiger partial charge in [-0.1, -0.05) is 65.7 Å². The molecule has 0 bridgehead atoms. The lowest BCUT2D eigenvalue weighted by molar-refractivity contribution is 0.353. The van der Waals surface area contributed by atoms with Crippen molar-refractivity contribution in [1.82, 2.24) is 9.78 Å². The predicted molar refractivity (Wildman–Crippen MR) is 91.1 cm³/mol. The number of unbranched alkanes of at least 4 members (excludes halogenated alkanes) is 5. The highest BCUT2D eigenvalue weighted by Gasteiger charge is 2.32. The van der Waals surface area contributed by atoms with Crippen molar-refractivity contribution in [3.05, 3.63) is 16.1 Å². The summed E-state index contributed by atoms with van der Waals surface area (Å²) in [6, 6.07) is 0. The molecular weight excluding hydrogens is 331 g/mol. The minimum Gasteiger partial charge on any atom is -0.241 e. The highest BCUT2D eigenvalue weighted by molar-refractivity contribution is 9.10. The van der Waals surface area contributed by atoms with Crippen molar-refractivity contribution >= 4 is 15.9 Å². The molecule has 1 aromatic rings. The van der Waals surface area contributed by atoms with Gasteiger partial charge < -0.3 is 0 Å². The van der Waals surface area contributed by atoms with Crippen LogP contribution in [0.25, 0.3) is 0 Å². The van der Waals surface area contributed by atoms with Gasteiger partial charge >= 0.3 is 0 Å². The second kappa shape index (κ2) is 8.92. The molecule has 0 amide bonds. The van der Waals surface area contributed by atoms with E-state index < -0.39 is 0 Å². The first-order valence-electron chi connectivity index (χ1n) is 8.34. The van der Waals surface area contributed by atoms with Gasteiger partial charge in [-0.15, -0.1) is 0 Å². The van der Waals surface area contributed by atoms with Gasteiger partial charge in [-0.25, -0.2) is 4.68 Å². The Morgan fingerprint density at radius 3 is 2.05 bits per heavy atom. The minimum atomic E-state index is -0.264. The summed E-state index contributed by atoms with van der Waals surface area (Å²) >= 11 is 3.41. The third-order valence-electron chi connectivity index (χ3n) is 4.41. The molecule has 1 aromatic heterocycles. The van der Waals surface area contributed by atoms with Gasteiger partial charge in [-0.05, 0) is 28.8 Å². The van der Waals surface area contributed by atoms with E-state index in [9.17, 15) is 4.39 Å². The molecule has 0 aliphatic carbocycles. The Bertz CT molecular complexity index is 431. The summed E-state index contributed by atoms with van der Waals surface area (Å²) in [4.78, 5) is 0. The first-order valence-corrected chi connectivity index (χ1v) is 9.14. The van der Waals surface area contributed by atoms with Gasteiger partial charge in [0, 0.05) is 12.5 Å². The molecule has 122 valence electrons. The van der Waals surface area contributed by atoms with Crippen LogP contribution in [-0.4, -0.2) is 9.78 Å². The Labute approximate surface area is 137 Å². The van der Waals surface area contributed by atoms with Crippen molar-refractivity contribution in [3.63, 3.8) is 0 Å². The van der Waals surface area contributed by atoms with Crippen LogP contribution >= 0.6 is 15.9 Å². The molecule has 1 atom stereocenters. The summed E-state index contributed by atoms with van der Waals surface area (Å²) in [6.45, 7) is 6.70. The summed E-state index contributed by atoms with van der Waals surface area (Å²) in [5.41, 5.74) is 0.874. The molecule has 0 radical (unpaired) electrons. The zero-order valence-electron chi connectivity index (χ0n) is 14.0. The van der Waals surface area contributed by atoms with E-state index in [0.717, 1.165) is 18.5 Å². The van der Waals surface area contributed by atoms with Crippen LogP contribution in [0.1, 0.15) is 84.3 Å². The van der Waals surface area contributed by atoms with Gasteiger partial charge in [0.1, 0.15) is 0 Å². The molecule has 0 aliphatic rings. The van der Waals surface area contributed by atoms with Crippen molar-refractivity contribution in [3.8, 4) is 0 Å². The Balaban J connectivity index is 2.86. The fourth-order valence-electron chi connectivity index (χ4n) is 2.93. The van der Waals surface area contributed by atoms with Crippen LogP contribution in [0.5, 0.6) is 0 Å². The molecule has 0 N–H and O–H groups in total. The maximum atomic E-state index is 14.0. The first kappa shape index (κ1) is 18.7. The van der Waals surface area contributed by atoms with Crippen LogP contribution < -0.4 is 0 Å². The first-order chi connectivity index (χ1) is 9.96. The fourth-order valence-corrected chi connectivity index (χ4v) is 3.75. The van der Waals surface area contributed by atoms with Gasteiger partial charge in [-0.2, -0.15) is 9.49 Å². The quantitative estimate of drug-likeness (QED) is 0.458. The maximum absolute atomic E-state index is 14.0. The number of rotatable bonds is 10. The number of nitrogens with zero attached hydrogens (tertiary/aromatic N) is 2. The van der Waals surface area contributed by atoms with Crippen LogP contribution in [0.15, 0.2) is 4.47 Å². The van der Waals surface area contributed by atoms with Crippen molar-refractivity contribution in [2.45, 2.75) is 84.0 Å². The Kier molecular flexibility index (Phi) is 7.93. The third kappa shape index (κ3) is 5.08. The highest BCUT2D eigenvalue weighted by Crippen LogP contribution is 2.39. The van der Waals surface area contributed by atoms with Gasteiger partial charge in [0.25, 0.3) is 0 Å². The fraction of sp³-hybridized carbons (Fsp3) is 0.824. The van der Waals surface area contributed by atoms with E-state index >= 15 is 0 Å². The van der Waals surface area contributed by atoms with E-state index in [0.29, 0.717) is 4.47 Å². The zero-order valence-corrected chi connectivity index (χ0v) is 15.6. The van der Waals surface area contributed by atoms with Crippen LogP contribution in [0, 0.1) is 5.95 Å². The molecule has 0 saturated carbocycles. The molecule has 1 unspecified atom stereocenters. The predicted octanol–water partition coefficient (Wildman–Crippen LogP) is 6.13. The van der Waals surface area contributed by atoms with Gasteiger partial charge in [0.05, 0.1) is 10.2 Å². The van der Waals surface area contributed by atoms with Crippen LogP contribution in [0.3, 0.4) is 0 Å². The summed E-state index contributed by atoms with van der Waals surface area (Å²) in [5.74, 6) is -0.264. The Morgan fingerprint density at radius 2 is 1.57 bits per heavy atom. The number of hydrogen-bond acceptors (Lipinski definition) is 1. The lowest BCUT2D eigenvalue weighted by Crippen LogP contribution is -2.23. The maximum Gasteiger partial charge on any atom is 0.225 e. The molecule has 0 saturated heterocycles. The highest BCUT2D eigenvalue weighted by atomic mass is 79.9. The summed E-state index contributed by atoms with van der Waals surface area (Å²) in [7, 11) is 1.67. The number of aromatic nitrogens is 2. The standard InChI is InChI=1S/C17H30BrFN2/c1-5-7-9-11-13-17(3,12-10-8-6-2)15-14(18)16(19)21(4)20-15/h5-13H2,1-4H3. The third-order valence-corrected chi connectivity index (χ3v) is 5.11. The van der Waals surface area contributed by atoms with E-state index in [1.54, 1.807) is 7.05 Å². The van der Waals surface area contributed by atoms with E-state index in [1.807, 2.05) is 0 Å². The molecule has 0 aliphatic heterocycles. The van der Waals surface area contributed by atoms with E-state index in [2.05, 4.69) is 41.8 Å². The van der Waals surface area contributed by atoms with Crippen molar-refractivity contribution in [1.29, 1.82) is 0 Å². The van der Waals surface area contributed by atoms with Gasteiger partial charge in [-0.3, -0.25) is 0 Å². The molecule has 4 heteroatoms.